The van der Waals surface area contributed by atoms with Gasteiger partial charge in [0.25, 0.3) is 5.91 Å². The van der Waals surface area contributed by atoms with Gasteiger partial charge in [0.1, 0.15) is 5.75 Å². The largest absolute Gasteiger partial charge is 0.493 e. The summed E-state index contributed by atoms with van der Waals surface area (Å²) in [6.07, 6.45) is 1.77. The smallest absolute Gasteiger partial charge is 0.272 e. The summed E-state index contributed by atoms with van der Waals surface area (Å²) in [6.45, 7) is 5.50. The second-order valence-corrected chi connectivity index (χ2v) is 8.83. The highest BCUT2D eigenvalue weighted by molar-refractivity contribution is 5.94. The first-order chi connectivity index (χ1) is 16.1. The van der Waals surface area contributed by atoms with Gasteiger partial charge in [-0.2, -0.15) is 5.10 Å². The molecule has 5 rings (SSSR count). The maximum Gasteiger partial charge on any atom is 0.272 e. The van der Waals surface area contributed by atoms with Crippen LogP contribution >= 0.6 is 0 Å². The van der Waals surface area contributed by atoms with E-state index in [4.69, 9.17) is 4.74 Å². The van der Waals surface area contributed by atoms with Gasteiger partial charge in [-0.05, 0) is 29.7 Å². The van der Waals surface area contributed by atoms with Gasteiger partial charge in [0.15, 0.2) is 5.69 Å². The van der Waals surface area contributed by atoms with Crippen LogP contribution in [-0.4, -0.2) is 45.5 Å². The molecule has 0 bridgehead atoms. The number of hydrogen-bond acceptors (Lipinski definition) is 5. The van der Waals surface area contributed by atoms with E-state index in [0.29, 0.717) is 18.8 Å². The van der Waals surface area contributed by atoms with Gasteiger partial charge in [-0.25, -0.2) is 0 Å². The third kappa shape index (κ3) is 4.51. The molecule has 2 N–H and O–H groups in total. The van der Waals surface area contributed by atoms with Crippen LogP contribution in [0.2, 0.25) is 0 Å². The topological polar surface area (TPSA) is 79.6 Å². The molecule has 172 valence electrons. The number of fused-ring (bicyclic) bond motifs is 2. The van der Waals surface area contributed by atoms with Gasteiger partial charge in [-0.3, -0.25) is 14.4 Å². The molecule has 0 radical (unpaired) electrons. The zero-order valence-corrected chi connectivity index (χ0v) is 19.0. The number of rotatable bonds is 7. The Labute approximate surface area is 194 Å². The Bertz CT molecular complexity index is 1140. The summed E-state index contributed by atoms with van der Waals surface area (Å²) in [6, 6.07) is 16.2. The zero-order valence-electron chi connectivity index (χ0n) is 19.0. The van der Waals surface area contributed by atoms with Gasteiger partial charge in [0.2, 0.25) is 0 Å². The molecule has 7 nitrogen and oxygen atoms in total. The third-order valence-corrected chi connectivity index (χ3v) is 6.55. The van der Waals surface area contributed by atoms with Gasteiger partial charge in [-0.1, -0.05) is 42.5 Å². The molecule has 1 atom stereocenters. The van der Waals surface area contributed by atoms with Crippen molar-refractivity contribution in [1.82, 2.24) is 20.0 Å². The minimum absolute atomic E-state index is 0.00346. The lowest BCUT2D eigenvalue weighted by molar-refractivity contribution is 0.0931. The average molecular weight is 447 g/mol. The van der Waals surface area contributed by atoms with E-state index in [-0.39, 0.29) is 18.6 Å². The quantitative estimate of drug-likeness (QED) is 0.584. The number of hydrogen-bond donors (Lipinski definition) is 2. The van der Waals surface area contributed by atoms with Crippen LogP contribution in [0, 0.1) is 0 Å². The highest BCUT2D eigenvalue weighted by Crippen LogP contribution is 2.28. The molecule has 0 saturated carbocycles. The molecule has 0 fully saturated rings. The number of carbonyl (C=O) groups is 1. The van der Waals surface area contributed by atoms with Gasteiger partial charge in [0, 0.05) is 43.7 Å². The number of carbonyl (C=O) groups excluding carboxylic acids is 1. The molecule has 0 saturated heterocycles. The number of aliphatic hydroxyl groups excluding tert-OH is 1. The maximum atomic E-state index is 13.2. The van der Waals surface area contributed by atoms with Crippen molar-refractivity contribution in [3.63, 3.8) is 0 Å². The third-order valence-electron chi connectivity index (χ3n) is 6.55. The van der Waals surface area contributed by atoms with Crippen molar-refractivity contribution < 1.29 is 14.6 Å². The van der Waals surface area contributed by atoms with Crippen LogP contribution in [0.5, 0.6) is 5.75 Å². The van der Waals surface area contributed by atoms with Crippen LogP contribution in [0.1, 0.15) is 51.4 Å². The minimum atomic E-state index is -0.171. The molecule has 3 aromatic rings. The van der Waals surface area contributed by atoms with Gasteiger partial charge in [-0.15, -0.1) is 0 Å². The van der Waals surface area contributed by atoms with Crippen LogP contribution in [0.4, 0.5) is 0 Å². The van der Waals surface area contributed by atoms with Crippen molar-refractivity contribution in [3.05, 3.63) is 82.2 Å². The average Bonchev–Trinajstić information content (AvgIpc) is 3.44. The van der Waals surface area contributed by atoms with Crippen LogP contribution in [0.3, 0.4) is 0 Å². The highest BCUT2D eigenvalue weighted by Gasteiger charge is 2.29. The molecule has 7 heteroatoms. The van der Waals surface area contributed by atoms with E-state index in [1.54, 1.807) is 0 Å². The molecule has 0 unspecified atom stereocenters. The van der Waals surface area contributed by atoms with E-state index in [2.05, 4.69) is 33.5 Å². The molecule has 2 aliphatic heterocycles. The van der Waals surface area contributed by atoms with E-state index >= 15 is 0 Å². The molecule has 0 aliphatic carbocycles. The molecule has 1 amide bonds. The second kappa shape index (κ2) is 9.37. The first-order valence-electron chi connectivity index (χ1n) is 11.6. The molecular formula is C26H30N4O3. The van der Waals surface area contributed by atoms with E-state index < -0.39 is 0 Å². The predicted octanol–water partition coefficient (Wildman–Crippen LogP) is 2.86. The normalized spacial score (nSPS) is 16.1. The van der Waals surface area contributed by atoms with Crippen molar-refractivity contribution in [2.45, 2.75) is 45.4 Å². The minimum Gasteiger partial charge on any atom is -0.493 e. The SMILES string of the molecule is C[C@@H](NC(=O)c1nn(CCO)c2c1CN(Cc1ccc3c(c1)CCO3)CC2)c1ccccc1. The number of ether oxygens (including phenoxy) is 1. The van der Waals surface area contributed by atoms with Crippen molar-refractivity contribution >= 4 is 5.91 Å². The van der Waals surface area contributed by atoms with Gasteiger partial charge in [0.05, 0.1) is 25.8 Å². The van der Waals surface area contributed by atoms with Crippen molar-refractivity contribution in [2.24, 2.45) is 0 Å². The lowest BCUT2D eigenvalue weighted by Gasteiger charge is -2.28. The van der Waals surface area contributed by atoms with Crippen LogP contribution < -0.4 is 10.1 Å². The Morgan fingerprint density at radius 2 is 2.06 bits per heavy atom. The monoisotopic (exact) mass is 446 g/mol. The lowest BCUT2D eigenvalue weighted by atomic mass is 10.0. The van der Waals surface area contributed by atoms with Crippen molar-refractivity contribution in [2.75, 3.05) is 19.8 Å². The van der Waals surface area contributed by atoms with E-state index in [1.165, 1.54) is 11.1 Å². The van der Waals surface area contributed by atoms with Crippen LogP contribution in [0.25, 0.3) is 0 Å². The highest BCUT2D eigenvalue weighted by atomic mass is 16.5. The Morgan fingerprint density at radius 3 is 2.88 bits per heavy atom. The van der Waals surface area contributed by atoms with Crippen molar-refractivity contribution in [3.8, 4) is 5.75 Å². The number of nitrogens with one attached hydrogen (secondary N) is 1. The summed E-state index contributed by atoms with van der Waals surface area (Å²) in [5.74, 6) is 0.826. The Hall–Kier alpha value is -3.16. The van der Waals surface area contributed by atoms with Gasteiger partial charge >= 0.3 is 0 Å². The molecule has 33 heavy (non-hydrogen) atoms. The zero-order chi connectivity index (χ0) is 22.8. The molecule has 0 spiro atoms. The molecule has 2 aromatic carbocycles. The molecule has 3 heterocycles. The fraction of sp³-hybridized carbons (Fsp3) is 0.385. The number of aromatic nitrogens is 2. The summed E-state index contributed by atoms with van der Waals surface area (Å²) in [5, 5.41) is 17.2. The lowest BCUT2D eigenvalue weighted by Crippen LogP contribution is -2.33. The first kappa shape index (κ1) is 21.7. The van der Waals surface area contributed by atoms with Crippen molar-refractivity contribution in [1.29, 1.82) is 0 Å². The first-order valence-corrected chi connectivity index (χ1v) is 11.6. The predicted molar refractivity (Wildman–Crippen MR) is 125 cm³/mol. The standard InChI is InChI=1S/C26H30N4O3/c1-18(20-5-3-2-4-6-20)27-26(32)25-22-17-29(11-9-23(22)30(28-25)12-13-31)16-19-7-8-24-21(15-19)10-14-33-24/h2-8,15,18,31H,9-14,16-17H2,1H3,(H,27,32)/t18-/m1/s1. The summed E-state index contributed by atoms with van der Waals surface area (Å²) < 4.78 is 7.44. The van der Waals surface area contributed by atoms with Crippen LogP contribution in [0.15, 0.2) is 48.5 Å². The number of amides is 1. The Balaban J connectivity index is 1.35. The number of benzene rings is 2. The molecule has 1 aromatic heterocycles. The Morgan fingerprint density at radius 1 is 1.21 bits per heavy atom. The maximum absolute atomic E-state index is 13.2. The second-order valence-electron chi connectivity index (χ2n) is 8.83. The number of aliphatic hydroxyl groups is 1. The molecule has 2 aliphatic rings. The number of nitrogens with zero attached hydrogens (tertiary/aromatic N) is 3. The fourth-order valence-corrected chi connectivity index (χ4v) is 4.83. The van der Waals surface area contributed by atoms with E-state index in [1.807, 2.05) is 41.9 Å². The van der Waals surface area contributed by atoms with Gasteiger partial charge < -0.3 is 15.2 Å². The summed E-state index contributed by atoms with van der Waals surface area (Å²) >= 11 is 0. The summed E-state index contributed by atoms with van der Waals surface area (Å²) in [5.41, 5.74) is 6.08. The summed E-state index contributed by atoms with van der Waals surface area (Å²) in [4.78, 5) is 15.6. The fourth-order valence-electron chi connectivity index (χ4n) is 4.83. The Kier molecular flexibility index (Phi) is 6.15. The van der Waals surface area contributed by atoms with E-state index in [9.17, 15) is 9.90 Å². The summed E-state index contributed by atoms with van der Waals surface area (Å²) in [7, 11) is 0. The van der Waals surface area contributed by atoms with Crippen LogP contribution in [-0.2, 0) is 32.5 Å². The van der Waals surface area contributed by atoms with E-state index in [0.717, 1.165) is 55.1 Å². The molecular weight excluding hydrogens is 416 g/mol.